The van der Waals surface area contributed by atoms with Crippen molar-refractivity contribution in [2.24, 2.45) is 0 Å². The number of esters is 1. The summed E-state index contributed by atoms with van der Waals surface area (Å²) in [7, 11) is 1.29. The maximum absolute atomic E-state index is 12.6. The Kier molecular flexibility index (Phi) is 9.16. The fourth-order valence-electron chi connectivity index (χ4n) is 2.30. The Hall–Kier alpha value is -2.48. The van der Waals surface area contributed by atoms with Gasteiger partial charge in [-0.2, -0.15) is 0 Å². The Balaban J connectivity index is 2.76. The first kappa shape index (κ1) is 20.6. The average Bonchev–Trinajstić information content (AvgIpc) is 2.60. The summed E-state index contributed by atoms with van der Waals surface area (Å²) in [6.45, 7) is 3.60. The van der Waals surface area contributed by atoms with Gasteiger partial charge in [-0.15, -0.1) is 0 Å². The molecule has 0 N–H and O–H groups in total. The summed E-state index contributed by atoms with van der Waals surface area (Å²) >= 11 is 0. The first-order chi connectivity index (χ1) is 12.0. The van der Waals surface area contributed by atoms with Gasteiger partial charge in [0.15, 0.2) is 0 Å². The molecule has 0 heterocycles. The van der Waals surface area contributed by atoms with Crippen molar-refractivity contribution in [2.45, 2.75) is 26.2 Å². The van der Waals surface area contributed by atoms with Crippen molar-refractivity contribution in [1.82, 2.24) is 4.90 Å². The van der Waals surface area contributed by atoms with Gasteiger partial charge in [-0.1, -0.05) is 18.2 Å². The lowest BCUT2D eigenvalue weighted by Crippen LogP contribution is -2.35. The second-order valence-electron chi connectivity index (χ2n) is 5.32. The molecule has 8 heteroatoms. The van der Waals surface area contributed by atoms with E-state index in [1.165, 1.54) is 18.1 Å². The van der Waals surface area contributed by atoms with Gasteiger partial charge in [0.1, 0.15) is 0 Å². The van der Waals surface area contributed by atoms with Crippen molar-refractivity contribution >= 4 is 17.6 Å². The number of rotatable bonds is 11. The van der Waals surface area contributed by atoms with Crippen molar-refractivity contribution in [2.75, 3.05) is 33.4 Å². The third kappa shape index (κ3) is 7.30. The topological polar surface area (TPSA) is 99.0 Å². The number of nitro groups is 1. The molecule has 0 radical (unpaired) electrons. The molecule has 0 bridgehead atoms. The summed E-state index contributed by atoms with van der Waals surface area (Å²) in [5.74, 6) is -0.678. The quantitative estimate of drug-likeness (QED) is 0.261. The maximum atomic E-state index is 12.6. The summed E-state index contributed by atoms with van der Waals surface area (Å²) in [5.41, 5.74) is 0.267. The van der Waals surface area contributed by atoms with Gasteiger partial charge in [0.2, 0.25) is 5.91 Å². The van der Waals surface area contributed by atoms with Crippen LogP contribution < -0.4 is 0 Å². The van der Waals surface area contributed by atoms with E-state index in [9.17, 15) is 19.7 Å². The lowest BCUT2D eigenvalue weighted by atomic mass is 10.1. The van der Waals surface area contributed by atoms with Crippen molar-refractivity contribution in [1.29, 1.82) is 0 Å². The minimum absolute atomic E-state index is 0.0771. The predicted octanol–water partition coefficient (Wildman–Crippen LogP) is 1.96. The van der Waals surface area contributed by atoms with Gasteiger partial charge in [0.05, 0.1) is 24.9 Å². The van der Waals surface area contributed by atoms with E-state index < -0.39 is 10.9 Å². The minimum Gasteiger partial charge on any atom is -0.469 e. The van der Waals surface area contributed by atoms with E-state index in [0.29, 0.717) is 31.7 Å². The van der Waals surface area contributed by atoms with Gasteiger partial charge in [-0.25, -0.2) is 0 Å². The number of benzene rings is 1. The van der Waals surface area contributed by atoms with Crippen LogP contribution in [0.2, 0.25) is 0 Å². The molecule has 0 spiro atoms. The Bertz CT molecular complexity index is 590. The molecule has 0 fully saturated rings. The van der Waals surface area contributed by atoms with Crippen molar-refractivity contribution in [3.63, 3.8) is 0 Å². The molecule has 1 aromatic carbocycles. The second-order valence-corrected chi connectivity index (χ2v) is 5.32. The molecule has 0 saturated carbocycles. The molecule has 0 aliphatic heterocycles. The normalized spacial score (nSPS) is 10.3. The molecule has 0 aliphatic carbocycles. The van der Waals surface area contributed by atoms with Crippen LogP contribution in [0.1, 0.15) is 25.3 Å². The van der Waals surface area contributed by atoms with Gasteiger partial charge in [0.25, 0.3) is 5.69 Å². The predicted molar refractivity (Wildman–Crippen MR) is 91.1 cm³/mol. The zero-order valence-electron chi connectivity index (χ0n) is 14.6. The van der Waals surface area contributed by atoms with Crippen molar-refractivity contribution in [3.8, 4) is 0 Å². The first-order valence-corrected chi connectivity index (χ1v) is 8.14. The summed E-state index contributed by atoms with van der Waals surface area (Å²) in [5, 5.41) is 11.1. The molecule has 0 aliphatic rings. The number of carbonyl (C=O) groups excluding carboxylic acids is 2. The molecule has 1 amide bonds. The molecule has 8 nitrogen and oxygen atoms in total. The van der Waals surface area contributed by atoms with Gasteiger partial charge in [-0.05, 0) is 13.3 Å². The monoisotopic (exact) mass is 352 g/mol. The Labute approximate surface area is 146 Å². The van der Waals surface area contributed by atoms with E-state index in [0.717, 1.165) is 0 Å². The van der Waals surface area contributed by atoms with Crippen LogP contribution in [-0.4, -0.2) is 55.1 Å². The number of ether oxygens (including phenoxy) is 2. The fourth-order valence-corrected chi connectivity index (χ4v) is 2.30. The van der Waals surface area contributed by atoms with E-state index in [-0.39, 0.29) is 31.0 Å². The van der Waals surface area contributed by atoms with Gasteiger partial charge < -0.3 is 14.4 Å². The number of amides is 1. The molecule has 1 rings (SSSR count). The lowest BCUT2D eigenvalue weighted by Gasteiger charge is -2.22. The van der Waals surface area contributed by atoms with Gasteiger partial charge in [-0.3, -0.25) is 19.7 Å². The Morgan fingerprint density at radius 1 is 1.24 bits per heavy atom. The van der Waals surface area contributed by atoms with Crippen LogP contribution in [0.5, 0.6) is 0 Å². The highest BCUT2D eigenvalue weighted by atomic mass is 16.6. The largest absolute Gasteiger partial charge is 0.469 e. The molecule has 1 aromatic rings. The number of nitrogens with zero attached hydrogens (tertiary/aromatic N) is 2. The van der Waals surface area contributed by atoms with Crippen LogP contribution in [-0.2, 0) is 25.5 Å². The molecule has 138 valence electrons. The molecule has 0 atom stereocenters. The zero-order chi connectivity index (χ0) is 18.7. The van der Waals surface area contributed by atoms with Crippen LogP contribution in [0.4, 0.5) is 5.69 Å². The van der Waals surface area contributed by atoms with Crippen molar-refractivity contribution in [3.05, 3.63) is 39.9 Å². The fraction of sp³-hybridized carbons (Fsp3) is 0.529. The second kappa shape index (κ2) is 11.1. The number of nitro benzene ring substituents is 1. The molecular formula is C17H24N2O6. The maximum Gasteiger partial charge on any atom is 0.307 e. The molecule has 0 unspecified atom stereocenters. The van der Waals surface area contributed by atoms with Crippen LogP contribution in [0, 0.1) is 10.1 Å². The molecular weight excluding hydrogens is 328 g/mol. The van der Waals surface area contributed by atoms with Gasteiger partial charge >= 0.3 is 5.97 Å². The van der Waals surface area contributed by atoms with Crippen LogP contribution in [0.3, 0.4) is 0 Å². The highest BCUT2D eigenvalue weighted by Gasteiger charge is 2.20. The molecule has 0 aromatic heterocycles. The van der Waals surface area contributed by atoms with Crippen LogP contribution >= 0.6 is 0 Å². The third-order valence-electron chi connectivity index (χ3n) is 3.62. The van der Waals surface area contributed by atoms with E-state index in [2.05, 4.69) is 4.74 Å². The average molecular weight is 352 g/mol. The SMILES string of the molecule is CCOCCCN(CCC(=O)OC)C(=O)Cc1ccccc1[N+](=O)[O-]. The summed E-state index contributed by atoms with van der Waals surface area (Å²) < 4.78 is 9.86. The number of hydrogen-bond donors (Lipinski definition) is 0. The van der Waals surface area contributed by atoms with Gasteiger partial charge in [0, 0.05) is 37.9 Å². The Morgan fingerprint density at radius 2 is 1.96 bits per heavy atom. The Morgan fingerprint density at radius 3 is 2.60 bits per heavy atom. The van der Waals surface area contributed by atoms with E-state index in [1.807, 2.05) is 6.92 Å². The highest BCUT2D eigenvalue weighted by molar-refractivity contribution is 5.80. The number of para-hydroxylation sites is 1. The van der Waals surface area contributed by atoms with Crippen molar-refractivity contribution < 1.29 is 24.0 Å². The first-order valence-electron chi connectivity index (χ1n) is 8.14. The summed E-state index contributed by atoms with van der Waals surface area (Å²) in [6.07, 6.45) is 0.609. The number of methoxy groups -OCH3 is 1. The van der Waals surface area contributed by atoms with Crippen LogP contribution in [0.25, 0.3) is 0 Å². The molecule has 25 heavy (non-hydrogen) atoms. The zero-order valence-corrected chi connectivity index (χ0v) is 14.6. The molecule has 0 saturated heterocycles. The van der Waals surface area contributed by atoms with Crippen LogP contribution in [0.15, 0.2) is 24.3 Å². The number of carbonyl (C=O) groups is 2. The van der Waals surface area contributed by atoms with E-state index in [1.54, 1.807) is 18.2 Å². The minimum atomic E-state index is -0.503. The standard InChI is InChI=1S/C17H24N2O6/c1-3-25-12-6-10-18(11-9-17(21)24-2)16(20)13-14-7-4-5-8-15(14)19(22)23/h4-5,7-8H,3,6,9-13H2,1-2H3. The highest BCUT2D eigenvalue weighted by Crippen LogP contribution is 2.19. The smallest absolute Gasteiger partial charge is 0.307 e. The third-order valence-corrected chi connectivity index (χ3v) is 3.62. The summed E-state index contributed by atoms with van der Waals surface area (Å²) in [4.78, 5) is 36.0. The number of hydrogen-bond acceptors (Lipinski definition) is 6. The van der Waals surface area contributed by atoms with E-state index >= 15 is 0 Å². The lowest BCUT2D eigenvalue weighted by molar-refractivity contribution is -0.385. The van der Waals surface area contributed by atoms with E-state index in [4.69, 9.17) is 4.74 Å². The summed E-state index contributed by atoms with van der Waals surface area (Å²) in [6, 6.07) is 6.15.